The zero-order valence-corrected chi connectivity index (χ0v) is 11.7. The molecule has 4 nitrogen and oxygen atoms in total. The van der Waals surface area contributed by atoms with Gasteiger partial charge in [0.05, 0.1) is 12.6 Å². The summed E-state index contributed by atoms with van der Waals surface area (Å²) in [6.45, 7) is 4.17. The molecule has 1 amide bonds. The Morgan fingerprint density at radius 3 is 2.44 bits per heavy atom. The van der Waals surface area contributed by atoms with Crippen LogP contribution in [0.4, 0.5) is 0 Å². The average molecular weight is 256 g/mol. The quantitative estimate of drug-likeness (QED) is 0.675. The van der Waals surface area contributed by atoms with Crippen LogP contribution in [0, 0.1) is 5.92 Å². The summed E-state index contributed by atoms with van der Waals surface area (Å²) in [5.41, 5.74) is 5.94. The molecule has 0 aliphatic heterocycles. The number of hydrogen-bond donors (Lipinski definition) is 3. The molecule has 18 heavy (non-hydrogen) atoms. The van der Waals surface area contributed by atoms with Gasteiger partial charge in [-0.25, -0.2) is 0 Å². The van der Waals surface area contributed by atoms with Crippen LogP contribution in [0.1, 0.15) is 58.8 Å². The minimum absolute atomic E-state index is 0.00148. The van der Waals surface area contributed by atoms with E-state index in [1.54, 1.807) is 0 Å². The fraction of sp³-hybridized carbons (Fsp3) is 0.929. The fourth-order valence-electron chi connectivity index (χ4n) is 2.78. The highest BCUT2D eigenvalue weighted by atomic mass is 16.3. The van der Waals surface area contributed by atoms with Crippen molar-refractivity contribution in [1.82, 2.24) is 5.32 Å². The highest BCUT2D eigenvalue weighted by Gasteiger charge is 2.30. The maximum atomic E-state index is 12.0. The van der Waals surface area contributed by atoms with Crippen molar-refractivity contribution in [2.75, 3.05) is 6.61 Å². The molecule has 106 valence electrons. The minimum atomic E-state index is -0.319. The maximum Gasteiger partial charge on any atom is 0.222 e. The molecule has 0 aromatic heterocycles. The summed E-state index contributed by atoms with van der Waals surface area (Å²) in [5.74, 6) is 0.447. The molecule has 1 fully saturated rings. The molecule has 4 N–H and O–H groups in total. The predicted octanol–water partition coefficient (Wildman–Crippen LogP) is 1.56. The van der Waals surface area contributed by atoms with Crippen molar-refractivity contribution in [3.05, 3.63) is 0 Å². The summed E-state index contributed by atoms with van der Waals surface area (Å²) in [6, 6.07) is -0.135. The van der Waals surface area contributed by atoms with Gasteiger partial charge in [-0.05, 0) is 25.2 Å². The van der Waals surface area contributed by atoms with E-state index in [9.17, 15) is 9.90 Å². The van der Waals surface area contributed by atoms with E-state index in [1.165, 1.54) is 6.42 Å². The Morgan fingerprint density at radius 1 is 1.33 bits per heavy atom. The highest BCUT2D eigenvalue weighted by molar-refractivity contribution is 5.77. The van der Waals surface area contributed by atoms with Gasteiger partial charge in [0.15, 0.2) is 0 Å². The zero-order chi connectivity index (χ0) is 13.6. The normalized spacial score (nSPS) is 20.7. The molecule has 0 bridgehead atoms. The third-order valence-electron chi connectivity index (χ3n) is 3.70. The number of aliphatic hydroxyl groups excluding tert-OH is 1. The van der Waals surface area contributed by atoms with Gasteiger partial charge in [-0.15, -0.1) is 0 Å². The molecule has 1 unspecified atom stereocenters. The first-order valence-corrected chi connectivity index (χ1v) is 7.14. The Balaban J connectivity index is 2.39. The molecule has 0 spiro atoms. The first kappa shape index (κ1) is 15.4. The lowest BCUT2D eigenvalue weighted by Crippen LogP contribution is -2.48. The smallest absolute Gasteiger partial charge is 0.222 e. The third-order valence-corrected chi connectivity index (χ3v) is 3.70. The van der Waals surface area contributed by atoms with Crippen LogP contribution in [0.25, 0.3) is 0 Å². The van der Waals surface area contributed by atoms with Crippen LogP contribution in [0.5, 0.6) is 0 Å². The molecule has 1 aliphatic carbocycles. The first-order valence-electron chi connectivity index (χ1n) is 7.14. The Kier molecular flexibility index (Phi) is 6.09. The second-order valence-corrected chi connectivity index (χ2v) is 6.18. The number of hydrogen-bond acceptors (Lipinski definition) is 3. The van der Waals surface area contributed by atoms with Crippen LogP contribution in [-0.2, 0) is 4.79 Å². The van der Waals surface area contributed by atoms with Gasteiger partial charge >= 0.3 is 0 Å². The standard InChI is InChI=1S/C14H28N2O2/c1-11(2)8-12(10-17)16-13(18)9-14(15)6-4-3-5-7-14/h11-12,17H,3-10,15H2,1-2H3,(H,16,18). The predicted molar refractivity (Wildman–Crippen MR) is 73.1 cm³/mol. The van der Waals surface area contributed by atoms with Gasteiger partial charge in [0, 0.05) is 12.0 Å². The van der Waals surface area contributed by atoms with Gasteiger partial charge in [-0.2, -0.15) is 0 Å². The number of aliphatic hydroxyl groups is 1. The van der Waals surface area contributed by atoms with E-state index >= 15 is 0 Å². The van der Waals surface area contributed by atoms with Crippen molar-refractivity contribution in [3.63, 3.8) is 0 Å². The Bertz CT molecular complexity index is 261. The molecule has 1 rings (SSSR count). The fourth-order valence-corrected chi connectivity index (χ4v) is 2.78. The van der Waals surface area contributed by atoms with Crippen molar-refractivity contribution in [3.8, 4) is 0 Å². The van der Waals surface area contributed by atoms with Crippen LogP contribution in [0.3, 0.4) is 0 Å². The van der Waals surface area contributed by atoms with Gasteiger partial charge in [0.25, 0.3) is 0 Å². The molecule has 0 saturated heterocycles. The van der Waals surface area contributed by atoms with Gasteiger partial charge in [-0.1, -0.05) is 33.1 Å². The van der Waals surface area contributed by atoms with Crippen LogP contribution in [-0.4, -0.2) is 29.2 Å². The van der Waals surface area contributed by atoms with E-state index in [4.69, 9.17) is 5.73 Å². The molecule has 1 atom stereocenters. The lowest BCUT2D eigenvalue weighted by atomic mass is 9.80. The van der Waals surface area contributed by atoms with E-state index in [1.807, 2.05) is 0 Å². The number of rotatable bonds is 6. The second-order valence-electron chi connectivity index (χ2n) is 6.18. The average Bonchev–Trinajstić information content (AvgIpc) is 2.27. The lowest BCUT2D eigenvalue weighted by Gasteiger charge is -2.33. The zero-order valence-electron chi connectivity index (χ0n) is 11.7. The summed E-state index contributed by atoms with van der Waals surface area (Å²) in [4.78, 5) is 12.0. The van der Waals surface area contributed by atoms with Gasteiger partial charge in [-0.3, -0.25) is 4.79 Å². The number of carbonyl (C=O) groups excluding carboxylic acids is 1. The van der Waals surface area contributed by atoms with E-state index in [2.05, 4.69) is 19.2 Å². The first-order chi connectivity index (χ1) is 8.45. The largest absolute Gasteiger partial charge is 0.394 e. The Hall–Kier alpha value is -0.610. The number of nitrogens with two attached hydrogens (primary N) is 1. The van der Waals surface area contributed by atoms with Gasteiger partial charge < -0.3 is 16.2 Å². The molecule has 4 heteroatoms. The maximum absolute atomic E-state index is 12.0. The Morgan fingerprint density at radius 2 is 1.94 bits per heavy atom. The van der Waals surface area contributed by atoms with Gasteiger partial charge in [0.1, 0.15) is 0 Å². The summed E-state index contributed by atoms with van der Waals surface area (Å²) in [5, 5.41) is 12.1. The highest BCUT2D eigenvalue weighted by Crippen LogP contribution is 2.28. The van der Waals surface area contributed by atoms with Crippen molar-refractivity contribution < 1.29 is 9.90 Å². The molecule has 0 aromatic rings. The molecule has 0 radical (unpaired) electrons. The SMILES string of the molecule is CC(C)CC(CO)NC(=O)CC1(N)CCCCC1. The third kappa shape index (κ3) is 5.36. The van der Waals surface area contributed by atoms with Crippen LogP contribution in [0.2, 0.25) is 0 Å². The second kappa shape index (κ2) is 7.10. The minimum Gasteiger partial charge on any atom is -0.394 e. The van der Waals surface area contributed by atoms with E-state index in [0.29, 0.717) is 12.3 Å². The molecular formula is C14H28N2O2. The van der Waals surface area contributed by atoms with Crippen molar-refractivity contribution in [1.29, 1.82) is 0 Å². The number of nitrogens with one attached hydrogen (secondary N) is 1. The summed E-state index contributed by atoms with van der Waals surface area (Å²) < 4.78 is 0. The van der Waals surface area contributed by atoms with Crippen LogP contribution >= 0.6 is 0 Å². The van der Waals surface area contributed by atoms with Crippen LogP contribution in [0.15, 0.2) is 0 Å². The number of amides is 1. The van der Waals surface area contributed by atoms with Crippen molar-refractivity contribution in [2.24, 2.45) is 11.7 Å². The van der Waals surface area contributed by atoms with E-state index in [-0.39, 0.29) is 24.1 Å². The Labute approximate surface area is 110 Å². The van der Waals surface area contributed by atoms with E-state index in [0.717, 1.165) is 32.1 Å². The monoisotopic (exact) mass is 256 g/mol. The van der Waals surface area contributed by atoms with Crippen LogP contribution < -0.4 is 11.1 Å². The molecule has 0 heterocycles. The number of carbonyl (C=O) groups is 1. The molecular weight excluding hydrogens is 228 g/mol. The van der Waals surface area contributed by atoms with Gasteiger partial charge in [0.2, 0.25) is 5.91 Å². The van der Waals surface area contributed by atoms with E-state index < -0.39 is 0 Å². The van der Waals surface area contributed by atoms with Crippen molar-refractivity contribution in [2.45, 2.75) is 70.4 Å². The molecule has 0 aromatic carbocycles. The summed E-state index contributed by atoms with van der Waals surface area (Å²) in [6.07, 6.45) is 6.55. The topological polar surface area (TPSA) is 75.3 Å². The molecule has 1 aliphatic rings. The van der Waals surface area contributed by atoms with Crippen molar-refractivity contribution >= 4 is 5.91 Å². The summed E-state index contributed by atoms with van der Waals surface area (Å²) in [7, 11) is 0. The molecule has 1 saturated carbocycles. The lowest BCUT2D eigenvalue weighted by molar-refractivity contribution is -0.123. The summed E-state index contributed by atoms with van der Waals surface area (Å²) >= 11 is 0.